The highest BCUT2D eigenvalue weighted by molar-refractivity contribution is 5.96. The van der Waals surface area contributed by atoms with Crippen molar-refractivity contribution in [2.75, 3.05) is 18.4 Å². The van der Waals surface area contributed by atoms with Crippen LogP contribution in [-0.4, -0.2) is 25.0 Å². The first-order valence-corrected chi connectivity index (χ1v) is 6.60. The normalized spacial score (nSPS) is 9.79. The van der Waals surface area contributed by atoms with Gasteiger partial charge in [-0.3, -0.25) is 4.79 Å². The number of benzene rings is 1. The summed E-state index contributed by atoms with van der Waals surface area (Å²) in [6, 6.07) is 6.62. The zero-order chi connectivity index (χ0) is 14.1. The summed E-state index contributed by atoms with van der Waals surface area (Å²) < 4.78 is 0. The van der Waals surface area contributed by atoms with Crippen molar-refractivity contribution >= 4 is 17.6 Å². The first kappa shape index (κ1) is 15.0. The van der Waals surface area contributed by atoms with Crippen LogP contribution in [0.2, 0.25) is 0 Å². The third-order valence-corrected chi connectivity index (χ3v) is 2.54. The van der Waals surface area contributed by atoms with Gasteiger partial charge in [-0.25, -0.2) is 4.79 Å². The van der Waals surface area contributed by atoms with Crippen LogP contribution in [0.25, 0.3) is 0 Å². The van der Waals surface area contributed by atoms with Gasteiger partial charge in [0, 0.05) is 24.3 Å². The molecule has 0 saturated carbocycles. The molecule has 1 aromatic carbocycles. The Labute approximate surface area is 113 Å². The van der Waals surface area contributed by atoms with E-state index in [9.17, 15) is 9.59 Å². The topological polar surface area (TPSA) is 70.2 Å². The van der Waals surface area contributed by atoms with Crippen LogP contribution in [0, 0.1) is 0 Å². The molecule has 0 bridgehead atoms. The van der Waals surface area contributed by atoms with E-state index < -0.39 is 0 Å². The average Bonchev–Trinajstić information content (AvgIpc) is 2.39. The number of hydrogen-bond donors (Lipinski definition) is 3. The second-order valence-electron chi connectivity index (χ2n) is 4.17. The first-order chi connectivity index (χ1) is 9.17. The van der Waals surface area contributed by atoms with Gasteiger partial charge in [0.25, 0.3) is 5.91 Å². The van der Waals surface area contributed by atoms with Crippen molar-refractivity contribution in [1.82, 2.24) is 10.6 Å². The first-order valence-electron chi connectivity index (χ1n) is 6.60. The Morgan fingerprint density at radius 2 is 1.95 bits per heavy atom. The molecular weight excluding hydrogens is 242 g/mol. The fourth-order valence-electron chi connectivity index (χ4n) is 1.55. The molecule has 3 N–H and O–H groups in total. The number of rotatable bonds is 6. The van der Waals surface area contributed by atoms with Crippen molar-refractivity contribution in [3.8, 4) is 0 Å². The van der Waals surface area contributed by atoms with Crippen molar-refractivity contribution in [3.05, 3.63) is 29.8 Å². The van der Waals surface area contributed by atoms with Gasteiger partial charge in [-0.15, -0.1) is 0 Å². The molecular formula is C14H21N3O2. The van der Waals surface area contributed by atoms with Gasteiger partial charge in [0.2, 0.25) is 0 Å². The van der Waals surface area contributed by atoms with Crippen LogP contribution in [0.1, 0.15) is 37.0 Å². The second kappa shape index (κ2) is 8.13. The maximum atomic E-state index is 11.7. The lowest BCUT2D eigenvalue weighted by molar-refractivity contribution is 0.0956. The van der Waals surface area contributed by atoms with Crippen LogP contribution in [0.15, 0.2) is 24.3 Å². The van der Waals surface area contributed by atoms with Gasteiger partial charge in [0.05, 0.1) is 0 Å². The molecule has 0 aliphatic carbocycles. The molecule has 0 unspecified atom stereocenters. The fraction of sp³-hybridized carbons (Fsp3) is 0.429. The number of urea groups is 1. The highest BCUT2D eigenvalue weighted by Gasteiger charge is 2.06. The molecule has 1 rings (SSSR count). The highest BCUT2D eigenvalue weighted by Crippen LogP contribution is 2.10. The van der Waals surface area contributed by atoms with E-state index in [1.165, 1.54) is 0 Å². The average molecular weight is 263 g/mol. The minimum absolute atomic E-state index is 0.141. The molecule has 1 aromatic rings. The number of anilines is 1. The number of nitrogens with one attached hydrogen (secondary N) is 3. The molecule has 0 aliphatic rings. The lowest BCUT2D eigenvalue weighted by Crippen LogP contribution is -2.29. The van der Waals surface area contributed by atoms with Crippen molar-refractivity contribution in [2.45, 2.75) is 26.7 Å². The Morgan fingerprint density at radius 3 is 2.63 bits per heavy atom. The number of hydrogen-bond acceptors (Lipinski definition) is 2. The molecule has 5 heteroatoms. The summed E-state index contributed by atoms with van der Waals surface area (Å²) in [6.45, 7) is 5.16. The minimum atomic E-state index is -0.249. The van der Waals surface area contributed by atoms with E-state index in [2.05, 4.69) is 22.9 Å². The summed E-state index contributed by atoms with van der Waals surface area (Å²) in [4.78, 5) is 23.2. The second-order valence-corrected chi connectivity index (χ2v) is 4.17. The maximum Gasteiger partial charge on any atom is 0.319 e. The fourth-order valence-corrected chi connectivity index (χ4v) is 1.55. The van der Waals surface area contributed by atoms with Crippen molar-refractivity contribution in [2.24, 2.45) is 0 Å². The lowest BCUT2D eigenvalue weighted by Gasteiger charge is -2.08. The maximum absolute atomic E-state index is 11.7. The SMILES string of the molecule is CCCCNC(=O)Nc1cccc(C(=O)NCC)c1. The molecule has 104 valence electrons. The standard InChI is InChI=1S/C14H21N3O2/c1-3-5-9-16-14(19)17-12-8-6-7-11(10-12)13(18)15-4-2/h6-8,10H,3-5,9H2,1-2H3,(H,15,18)(H2,16,17,19). The minimum Gasteiger partial charge on any atom is -0.352 e. The van der Waals surface area contributed by atoms with Crippen LogP contribution in [0.5, 0.6) is 0 Å². The molecule has 0 aromatic heterocycles. The number of carbonyl (C=O) groups excluding carboxylic acids is 2. The van der Waals surface area contributed by atoms with Gasteiger partial charge in [-0.05, 0) is 31.5 Å². The third-order valence-electron chi connectivity index (χ3n) is 2.54. The van der Waals surface area contributed by atoms with Crippen LogP contribution in [-0.2, 0) is 0 Å². The summed E-state index contributed by atoms with van der Waals surface area (Å²) in [5, 5.41) is 8.18. The Hall–Kier alpha value is -2.04. The van der Waals surface area contributed by atoms with E-state index in [1.54, 1.807) is 24.3 Å². The van der Waals surface area contributed by atoms with Gasteiger partial charge in [0.1, 0.15) is 0 Å². The quantitative estimate of drug-likeness (QED) is 0.689. The van der Waals surface area contributed by atoms with E-state index in [0.29, 0.717) is 24.3 Å². The number of carbonyl (C=O) groups is 2. The van der Waals surface area contributed by atoms with E-state index in [4.69, 9.17) is 0 Å². The largest absolute Gasteiger partial charge is 0.352 e. The molecule has 0 atom stereocenters. The van der Waals surface area contributed by atoms with Crippen LogP contribution in [0.4, 0.5) is 10.5 Å². The predicted molar refractivity (Wildman–Crippen MR) is 76.4 cm³/mol. The molecule has 0 heterocycles. The molecule has 0 fully saturated rings. The monoisotopic (exact) mass is 263 g/mol. The summed E-state index contributed by atoms with van der Waals surface area (Å²) in [7, 11) is 0. The van der Waals surface area contributed by atoms with Gasteiger partial charge in [-0.2, -0.15) is 0 Å². The van der Waals surface area contributed by atoms with Gasteiger partial charge >= 0.3 is 6.03 Å². The number of amides is 3. The summed E-state index contributed by atoms with van der Waals surface area (Å²) in [6.07, 6.45) is 1.99. The van der Waals surface area contributed by atoms with Gasteiger partial charge < -0.3 is 16.0 Å². The Balaban J connectivity index is 2.56. The summed E-state index contributed by atoms with van der Waals surface area (Å²) in [5.74, 6) is -0.141. The molecule has 0 spiro atoms. The van der Waals surface area contributed by atoms with E-state index >= 15 is 0 Å². The zero-order valence-corrected chi connectivity index (χ0v) is 11.5. The number of unbranched alkanes of at least 4 members (excludes halogenated alkanes) is 1. The Bertz CT molecular complexity index is 432. The van der Waals surface area contributed by atoms with E-state index in [1.807, 2.05) is 6.92 Å². The molecule has 19 heavy (non-hydrogen) atoms. The van der Waals surface area contributed by atoms with Crippen molar-refractivity contribution in [1.29, 1.82) is 0 Å². The third kappa shape index (κ3) is 5.42. The smallest absolute Gasteiger partial charge is 0.319 e. The molecule has 0 aliphatic heterocycles. The van der Waals surface area contributed by atoms with E-state index in [0.717, 1.165) is 12.8 Å². The van der Waals surface area contributed by atoms with Crippen LogP contribution >= 0.6 is 0 Å². The van der Waals surface area contributed by atoms with Crippen molar-refractivity contribution < 1.29 is 9.59 Å². The molecule has 0 saturated heterocycles. The van der Waals surface area contributed by atoms with Gasteiger partial charge in [-0.1, -0.05) is 19.4 Å². The van der Waals surface area contributed by atoms with Crippen molar-refractivity contribution in [3.63, 3.8) is 0 Å². The summed E-state index contributed by atoms with van der Waals surface area (Å²) >= 11 is 0. The van der Waals surface area contributed by atoms with Crippen LogP contribution < -0.4 is 16.0 Å². The lowest BCUT2D eigenvalue weighted by atomic mass is 10.2. The highest BCUT2D eigenvalue weighted by atomic mass is 16.2. The van der Waals surface area contributed by atoms with Crippen LogP contribution in [0.3, 0.4) is 0 Å². The van der Waals surface area contributed by atoms with E-state index in [-0.39, 0.29) is 11.9 Å². The molecule has 3 amide bonds. The Kier molecular flexibility index (Phi) is 6.43. The summed E-state index contributed by atoms with van der Waals surface area (Å²) in [5.41, 5.74) is 1.14. The predicted octanol–water partition coefficient (Wildman–Crippen LogP) is 2.36. The molecule has 5 nitrogen and oxygen atoms in total. The Morgan fingerprint density at radius 1 is 1.16 bits per heavy atom. The molecule has 0 radical (unpaired) electrons. The van der Waals surface area contributed by atoms with Gasteiger partial charge in [0.15, 0.2) is 0 Å². The zero-order valence-electron chi connectivity index (χ0n) is 11.5.